The van der Waals surface area contributed by atoms with E-state index in [2.05, 4.69) is 5.32 Å². The Kier molecular flexibility index (Phi) is 5.38. The SMILES string of the molecule is CCOc1cc(C2C3=C(CC(C)(C)CC3=O)NC3=C2C(=O)CC(C)(C)C3)cc([N+](=O)[O-])c1O. The van der Waals surface area contributed by atoms with Crippen molar-refractivity contribution in [1.82, 2.24) is 5.32 Å². The summed E-state index contributed by atoms with van der Waals surface area (Å²) < 4.78 is 5.48. The van der Waals surface area contributed by atoms with E-state index in [0.717, 1.165) is 11.4 Å². The van der Waals surface area contributed by atoms with Gasteiger partial charge in [-0.3, -0.25) is 19.7 Å². The number of allylic oxidation sites excluding steroid dienone is 4. The van der Waals surface area contributed by atoms with Crippen molar-refractivity contribution in [2.24, 2.45) is 10.8 Å². The number of nitro groups is 1. The zero-order chi connectivity index (χ0) is 24.3. The molecule has 2 N–H and O–H groups in total. The molecule has 0 fully saturated rings. The van der Waals surface area contributed by atoms with Gasteiger partial charge in [-0.05, 0) is 42.2 Å². The third-order valence-electron chi connectivity index (χ3n) is 6.63. The highest BCUT2D eigenvalue weighted by Gasteiger charge is 2.47. The molecule has 0 bridgehead atoms. The van der Waals surface area contributed by atoms with Gasteiger partial charge in [0.2, 0.25) is 5.75 Å². The monoisotopic (exact) mass is 454 g/mol. The Labute approximate surface area is 192 Å². The maximum atomic E-state index is 13.4. The van der Waals surface area contributed by atoms with Gasteiger partial charge in [-0.2, -0.15) is 0 Å². The van der Waals surface area contributed by atoms with E-state index in [1.54, 1.807) is 6.92 Å². The van der Waals surface area contributed by atoms with Gasteiger partial charge >= 0.3 is 5.69 Å². The molecule has 8 heteroatoms. The van der Waals surface area contributed by atoms with Crippen LogP contribution in [0.3, 0.4) is 0 Å². The van der Waals surface area contributed by atoms with Gasteiger partial charge in [0.05, 0.1) is 11.5 Å². The molecule has 176 valence electrons. The summed E-state index contributed by atoms with van der Waals surface area (Å²) in [5.74, 6) is -1.47. The molecule has 1 aliphatic heterocycles. The third kappa shape index (κ3) is 4.03. The van der Waals surface area contributed by atoms with Gasteiger partial charge < -0.3 is 15.2 Å². The number of ketones is 2. The summed E-state index contributed by atoms with van der Waals surface area (Å²) in [6.45, 7) is 10.0. The molecule has 1 aromatic carbocycles. The minimum atomic E-state index is -0.734. The van der Waals surface area contributed by atoms with Crippen molar-refractivity contribution < 1.29 is 24.4 Å². The van der Waals surface area contributed by atoms with Crippen molar-refractivity contribution >= 4 is 17.3 Å². The number of phenols is 1. The van der Waals surface area contributed by atoms with E-state index in [0.29, 0.717) is 42.4 Å². The zero-order valence-corrected chi connectivity index (χ0v) is 19.7. The average Bonchev–Trinajstić information content (AvgIpc) is 2.65. The molecule has 1 aromatic rings. The van der Waals surface area contributed by atoms with Crippen LogP contribution in [-0.4, -0.2) is 28.2 Å². The summed E-state index contributed by atoms with van der Waals surface area (Å²) in [6.07, 6.45) is 1.92. The summed E-state index contributed by atoms with van der Waals surface area (Å²) in [5.41, 5.74) is 1.95. The number of rotatable bonds is 4. The van der Waals surface area contributed by atoms with Crippen LogP contribution in [0.15, 0.2) is 34.7 Å². The topological polar surface area (TPSA) is 119 Å². The highest BCUT2D eigenvalue weighted by molar-refractivity contribution is 6.06. The van der Waals surface area contributed by atoms with Crippen molar-refractivity contribution in [3.63, 3.8) is 0 Å². The van der Waals surface area contributed by atoms with E-state index < -0.39 is 22.3 Å². The normalized spacial score (nSPS) is 22.0. The maximum absolute atomic E-state index is 13.4. The first-order valence-corrected chi connectivity index (χ1v) is 11.3. The lowest BCUT2D eigenvalue weighted by molar-refractivity contribution is -0.386. The number of nitrogens with one attached hydrogen (secondary N) is 1. The number of Topliss-reactive ketones (excluding diaryl/α,β-unsaturated/α-hetero) is 2. The summed E-state index contributed by atoms with van der Waals surface area (Å²) in [4.78, 5) is 37.8. The first-order chi connectivity index (χ1) is 15.3. The van der Waals surface area contributed by atoms with Crippen molar-refractivity contribution in [2.45, 2.75) is 66.2 Å². The van der Waals surface area contributed by atoms with E-state index in [4.69, 9.17) is 4.74 Å². The quantitative estimate of drug-likeness (QED) is 0.501. The van der Waals surface area contributed by atoms with Crippen LogP contribution in [0.25, 0.3) is 0 Å². The summed E-state index contributed by atoms with van der Waals surface area (Å²) >= 11 is 0. The fraction of sp³-hybridized carbons (Fsp3) is 0.520. The molecule has 1 heterocycles. The molecule has 0 saturated carbocycles. The van der Waals surface area contributed by atoms with Crippen molar-refractivity contribution in [1.29, 1.82) is 0 Å². The number of carbonyl (C=O) groups excluding carboxylic acids is 2. The van der Waals surface area contributed by atoms with Crippen LogP contribution < -0.4 is 10.1 Å². The molecule has 0 unspecified atom stereocenters. The number of benzene rings is 1. The van der Waals surface area contributed by atoms with Crippen molar-refractivity contribution in [2.75, 3.05) is 6.61 Å². The lowest BCUT2D eigenvalue weighted by Gasteiger charge is -2.44. The largest absolute Gasteiger partial charge is 0.500 e. The van der Waals surface area contributed by atoms with Crippen molar-refractivity contribution in [3.05, 3.63) is 50.4 Å². The predicted molar refractivity (Wildman–Crippen MR) is 122 cm³/mol. The first-order valence-electron chi connectivity index (χ1n) is 11.3. The molecular formula is C25H30N2O6. The summed E-state index contributed by atoms with van der Waals surface area (Å²) in [5, 5.41) is 25.5. The van der Waals surface area contributed by atoms with Crippen LogP contribution in [0.5, 0.6) is 11.5 Å². The predicted octanol–water partition coefficient (Wildman–Crippen LogP) is 4.67. The fourth-order valence-electron chi connectivity index (χ4n) is 5.41. The molecule has 0 radical (unpaired) electrons. The zero-order valence-electron chi connectivity index (χ0n) is 19.7. The van der Waals surface area contributed by atoms with Gasteiger partial charge in [0.25, 0.3) is 0 Å². The van der Waals surface area contributed by atoms with Crippen LogP contribution in [0, 0.1) is 20.9 Å². The fourth-order valence-corrected chi connectivity index (χ4v) is 5.41. The third-order valence-corrected chi connectivity index (χ3v) is 6.63. The molecule has 8 nitrogen and oxygen atoms in total. The van der Waals surface area contributed by atoms with Crippen LogP contribution >= 0.6 is 0 Å². The highest BCUT2D eigenvalue weighted by Crippen LogP contribution is 2.52. The van der Waals surface area contributed by atoms with E-state index in [1.807, 2.05) is 27.7 Å². The van der Waals surface area contributed by atoms with Crippen LogP contribution in [-0.2, 0) is 9.59 Å². The highest BCUT2D eigenvalue weighted by atomic mass is 16.6. The molecule has 0 spiro atoms. The van der Waals surface area contributed by atoms with E-state index >= 15 is 0 Å². The van der Waals surface area contributed by atoms with Crippen LogP contribution in [0.2, 0.25) is 0 Å². The number of dihydropyridines is 1. The Hall–Kier alpha value is -3.16. The number of ether oxygens (including phenoxy) is 1. The lowest BCUT2D eigenvalue weighted by atomic mass is 9.64. The Morgan fingerprint density at radius 3 is 2.00 bits per heavy atom. The minimum Gasteiger partial charge on any atom is -0.500 e. The molecule has 0 atom stereocenters. The first kappa shape index (κ1) is 23.0. The molecule has 0 amide bonds. The number of hydrogen-bond donors (Lipinski definition) is 2. The van der Waals surface area contributed by atoms with Gasteiger partial charge in [0.15, 0.2) is 17.3 Å². The van der Waals surface area contributed by atoms with E-state index in [-0.39, 0.29) is 34.8 Å². The van der Waals surface area contributed by atoms with Gasteiger partial charge in [-0.15, -0.1) is 0 Å². The Balaban J connectivity index is 1.98. The molecule has 0 saturated heterocycles. The second-order valence-electron chi connectivity index (χ2n) is 10.8. The Morgan fingerprint density at radius 2 is 1.55 bits per heavy atom. The molecule has 3 aliphatic rings. The minimum absolute atomic E-state index is 0.0308. The number of carbonyl (C=O) groups is 2. The van der Waals surface area contributed by atoms with Gasteiger partial charge in [0, 0.05) is 47.4 Å². The summed E-state index contributed by atoms with van der Waals surface area (Å²) in [7, 11) is 0. The summed E-state index contributed by atoms with van der Waals surface area (Å²) in [6, 6.07) is 2.79. The number of aromatic hydroxyl groups is 1. The smallest absolute Gasteiger partial charge is 0.314 e. The van der Waals surface area contributed by atoms with Crippen LogP contribution in [0.4, 0.5) is 5.69 Å². The molecule has 2 aliphatic carbocycles. The molecule has 4 rings (SSSR count). The van der Waals surface area contributed by atoms with Crippen LogP contribution in [0.1, 0.15) is 71.8 Å². The van der Waals surface area contributed by atoms with Gasteiger partial charge in [0.1, 0.15) is 0 Å². The van der Waals surface area contributed by atoms with E-state index in [1.165, 1.54) is 12.1 Å². The molecular weight excluding hydrogens is 424 g/mol. The lowest BCUT2D eigenvalue weighted by Crippen LogP contribution is -2.42. The standard InChI is InChI=1S/C25H30N2O6/c1-6-33-19-8-13(7-16(23(19)30)27(31)32)20-21-14(9-24(2,3)11-17(21)28)26-15-10-25(4,5)12-18(29)22(15)20/h7-8,20,26,30H,6,9-12H2,1-5H3. The average molecular weight is 455 g/mol. The number of nitrogens with zero attached hydrogens (tertiary/aromatic N) is 1. The number of nitro benzene ring substituents is 1. The maximum Gasteiger partial charge on any atom is 0.314 e. The second-order valence-corrected chi connectivity index (χ2v) is 10.8. The number of hydrogen-bond acceptors (Lipinski definition) is 7. The van der Waals surface area contributed by atoms with Crippen molar-refractivity contribution in [3.8, 4) is 11.5 Å². The Bertz CT molecular complexity index is 1090. The van der Waals surface area contributed by atoms with Gasteiger partial charge in [-0.25, -0.2) is 0 Å². The van der Waals surface area contributed by atoms with Gasteiger partial charge in [-0.1, -0.05) is 27.7 Å². The number of phenolic OH excluding ortho intramolecular Hbond substituents is 1. The molecule has 33 heavy (non-hydrogen) atoms. The Morgan fingerprint density at radius 1 is 1.03 bits per heavy atom. The second kappa shape index (κ2) is 7.71. The molecule has 0 aromatic heterocycles. The van der Waals surface area contributed by atoms with E-state index in [9.17, 15) is 24.8 Å².